The van der Waals surface area contributed by atoms with Crippen LogP contribution in [0.25, 0.3) is 11.1 Å². The van der Waals surface area contributed by atoms with Crippen molar-refractivity contribution in [3.05, 3.63) is 120 Å². The van der Waals surface area contributed by atoms with E-state index in [1.54, 1.807) is 18.5 Å². The van der Waals surface area contributed by atoms with E-state index in [2.05, 4.69) is 4.98 Å². The van der Waals surface area contributed by atoms with Crippen molar-refractivity contribution in [1.29, 1.82) is 0 Å². The zero-order valence-electron chi connectivity index (χ0n) is 16.4. The summed E-state index contributed by atoms with van der Waals surface area (Å²) in [5.74, 6) is 0.0675. The van der Waals surface area contributed by atoms with E-state index < -0.39 is 5.97 Å². The van der Waals surface area contributed by atoms with Gasteiger partial charge in [0.25, 0.3) is 0 Å². The third-order valence-corrected chi connectivity index (χ3v) is 4.65. The minimum atomic E-state index is -0.417. The fourth-order valence-electron chi connectivity index (χ4n) is 3.06. The number of esters is 1. The maximum Gasteiger partial charge on any atom is 0.342 e. The molecule has 4 heteroatoms. The molecule has 148 valence electrons. The summed E-state index contributed by atoms with van der Waals surface area (Å²) in [5, 5.41) is 0. The molecule has 4 aromatic rings. The van der Waals surface area contributed by atoms with Gasteiger partial charge >= 0.3 is 5.97 Å². The second-order valence-corrected chi connectivity index (χ2v) is 6.79. The molecule has 0 fully saturated rings. The third-order valence-electron chi connectivity index (χ3n) is 4.65. The number of pyridine rings is 1. The van der Waals surface area contributed by atoms with E-state index in [-0.39, 0.29) is 6.61 Å². The van der Waals surface area contributed by atoms with E-state index in [1.165, 1.54) is 0 Å². The summed E-state index contributed by atoms with van der Waals surface area (Å²) in [4.78, 5) is 17.0. The Balaban J connectivity index is 1.58. The second kappa shape index (κ2) is 9.52. The summed E-state index contributed by atoms with van der Waals surface area (Å²) >= 11 is 0. The largest absolute Gasteiger partial charge is 0.488 e. The fraction of sp³-hybridized carbons (Fsp3) is 0.0769. The van der Waals surface area contributed by atoms with Gasteiger partial charge in [-0.05, 0) is 34.9 Å². The second-order valence-electron chi connectivity index (χ2n) is 6.79. The smallest absolute Gasteiger partial charge is 0.342 e. The van der Waals surface area contributed by atoms with Gasteiger partial charge in [-0.15, -0.1) is 0 Å². The van der Waals surface area contributed by atoms with Crippen LogP contribution in [0.3, 0.4) is 0 Å². The molecule has 0 saturated carbocycles. The van der Waals surface area contributed by atoms with Gasteiger partial charge in [0.05, 0.1) is 0 Å². The first-order valence-electron chi connectivity index (χ1n) is 9.72. The number of carbonyl (C=O) groups is 1. The molecule has 0 N–H and O–H groups in total. The molecule has 0 unspecified atom stereocenters. The normalized spacial score (nSPS) is 10.4. The maximum atomic E-state index is 12.8. The summed E-state index contributed by atoms with van der Waals surface area (Å²) < 4.78 is 11.6. The molecule has 1 heterocycles. The lowest BCUT2D eigenvalue weighted by Crippen LogP contribution is -2.08. The minimum absolute atomic E-state index is 0.210. The molecule has 0 radical (unpaired) electrons. The highest BCUT2D eigenvalue weighted by molar-refractivity contribution is 5.93. The molecule has 0 aliphatic heterocycles. The molecular weight excluding hydrogens is 374 g/mol. The number of nitrogens with zero attached hydrogens (tertiary/aromatic N) is 1. The van der Waals surface area contributed by atoms with E-state index in [1.807, 2.05) is 84.9 Å². The summed E-state index contributed by atoms with van der Waals surface area (Å²) in [7, 11) is 0. The van der Waals surface area contributed by atoms with Crippen molar-refractivity contribution in [3.8, 4) is 16.9 Å². The minimum Gasteiger partial charge on any atom is -0.488 e. The van der Waals surface area contributed by atoms with E-state index in [9.17, 15) is 4.79 Å². The predicted molar refractivity (Wildman–Crippen MR) is 116 cm³/mol. The lowest BCUT2D eigenvalue weighted by atomic mass is 10.0. The highest BCUT2D eigenvalue weighted by atomic mass is 16.5. The molecule has 30 heavy (non-hydrogen) atoms. The zero-order chi connectivity index (χ0) is 20.6. The van der Waals surface area contributed by atoms with E-state index in [0.717, 1.165) is 22.3 Å². The van der Waals surface area contributed by atoms with Gasteiger partial charge in [-0.3, -0.25) is 4.98 Å². The Bertz CT molecular complexity index is 1100. The molecule has 3 aromatic carbocycles. The van der Waals surface area contributed by atoms with Crippen LogP contribution in [-0.2, 0) is 18.0 Å². The number of ether oxygens (including phenoxy) is 2. The van der Waals surface area contributed by atoms with E-state index in [4.69, 9.17) is 9.47 Å². The van der Waals surface area contributed by atoms with Gasteiger partial charge in [-0.2, -0.15) is 0 Å². The first-order chi connectivity index (χ1) is 14.8. The molecule has 0 amide bonds. The van der Waals surface area contributed by atoms with Crippen molar-refractivity contribution in [2.45, 2.75) is 13.2 Å². The summed E-state index contributed by atoms with van der Waals surface area (Å²) in [6.07, 6.45) is 3.51. The average Bonchev–Trinajstić information content (AvgIpc) is 2.83. The van der Waals surface area contributed by atoms with Crippen LogP contribution in [0.4, 0.5) is 0 Å². The highest BCUT2D eigenvalue weighted by Gasteiger charge is 2.16. The van der Waals surface area contributed by atoms with Crippen LogP contribution in [0.5, 0.6) is 5.75 Å². The monoisotopic (exact) mass is 395 g/mol. The number of benzene rings is 3. The predicted octanol–water partition coefficient (Wildman–Crippen LogP) is 5.68. The molecule has 0 atom stereocenters. The van der Waals surface area contributed by atoms with E-state index in [0.29, 0.717) is 17.9 Å². The molecule has 0 aliphatic rings. The number of hydrogen-bond acceptors (Lipinski definition) is 4. The standard InChI is InChI=1S/C26H21NO3/c28-26(30-19-21-10-5-2-6-11-21)24-14-13-22(23-12-7-15-27-17-23)16-25(24)29-18-20-8-3-1-4-9-20/h1-17H,18-19H2. The molecule has 0 bridgehead atoms. The third kappa shape index (κ3) is 4.92. The van der Waals surface area contributed by atoms with Crippen molar-refractivity contribution >= 4 is 5.97 Å². The van der Waals surface area contributed by atoms with Gasteiger partial charge in [0.15, 0.2) is 0 Å². The van der Waals surface area contributed by atoms with Gasteiger partial charge < -0.3 is 9.47 Å². The number of aromatic nitrogens is 1. The first-order valence-corrected chi connectivity index (χ1v) is 9.72. The van der Waals surface area contributed by atoms with Gasteiger partial charge in [-0.1, -0.05) is 72.8 Å². The molecule has 0 saturated heterocycles. The lowest BCUT2D eigenvalue weighted by Gasteiger charge is -2.13. The highest BCUT2D eigenvalue weighted by Crippen LogP contribution is 2.28. The summed E-state index contributed by atoms with van der Waals surface area (Å²) in [5.41, 5.74) is 4.23. The van der Waals surface area contributed by atoms with Crippen molar-refractivity contribution < 1.29 is 14.3 Å². The number of carbonyl (C=O) groups excluding carboxylic acids is 1. The molecule has 4 nitrogen and oxygen atoms in total. The van der Waals surface area contributed by atoms with Crippen LogP contribution >= 0.6 is 0 Å². The summed E-state index contributed by atoms with van der Waals surface area (Å²) in [6, 6.07) is 28.8. The molecule has 0 aliphatic carbocycles. The van der Waals surface area contributed by atoms with Crippen molar-refractivity contribution in [2.24, 2.45) is 0 Å². The number of hydrogen-bond donors (Lipinski definition) is 0. The zero-order valence-corrected chi connectivity index (χ0v) is 16.4. The van der Waals surface area contributed by atoms with Crippen LogP contribution < -0.4 is 4.74 Å². The van der Waals surface area contributed by atoms with Gasteiger partial charge in [0.2, 0.25) is 0 Å². The number of rotatable bonds is 7. The Hall–Kier alpha value is -3.92. The Morgan fingerprint density at radius 2 is 1.43 bits per heavy atom. The first kappa shape index (κ1) is 19.4. The Morgan fingerprint density at radius 1 is 0.733 bits per heavy atom. The van der Waals surface area contributed by atoms with Crippen LogP contribution in [0.2, 0.25) is 0 Å². The molecule has 0 spiro atoms. The van der Waals surface area contributed by atoms with Crippen LogP contribution in [0.1, 0.15) is 21.5 Å². The van der Waals surface area contributed by atoms with Crippen molar-refractivity contribution in [3.63, 3.8) is 0 Å². The Labute approximate surface area is 175 Å². The lowest BCUT2D eigenvalue weighted by molar-refractivity contribution is 0.0467. The SMILES string of the molecule is O=C(OCc1ccccc1)c1ccc(-c2cccnc2)cc1OCc1ccccc1. The topological polar surface area (TPSA) is 48.4 Å². The van der Waals surface area contributed by atoms with Crippen molar-refractivity contribution in [2.75, 3.05) is 0 Å². The summed E-state index contributed by atoms with van der Waals surface area (Å²) in [6.45, 7) is 0.568. The van der Waals surface area contributed by atoms with Crippen LogP contribution in [0.15, 0.2) is 103 Å². The van der Waals surface area contributed by atoms with Gasteiger partial charge in [0.1, 0.15) is 24.5 Å². The molecule has 1 aromatic heterocycles. The molecular formula is C26H21NO3. The Kier molecular flexibility index (Phi) is 6.16. The van der Waals surface area contributed by atoms with Crippen molar-refractivity contribution in [1.82, 2.24) is 4.98 Å². The quantitative estimate of drug-likeness (QED) is 0.378. The Morgan fingerprint density at radius 3 is 2.10 bits per heavy atom. The van der Waals surface area contributed by atoms with Gasteiger partial charge in [-0.25, -0.2) is 4.79 Å². The fourth-order valence-corrected chi connectivity index (χ4v) is 3.06. The van der Waals surface area contributed by atoms with Crippen LogP contribution in [0, 0.1) is 0 Å². The van der Waals surface area contributed by atoms with Crippen LogP contribution in [-0.4, -0.2) is 11.0 Å². The van der Waals surface area contributed by atoms with Gasteiger partial charge in [0, 0.05) is 18.0 Å². The average molecular weight is 395 g/mol. The molecule has 4 rings (SSSR count). The van der Waals surface area contributed by atoms with E-state index >= 15 is 0 Å². The maximum absolute atomic E-state index is 12.8.